The molecule has 18 heavy (non-hydrogen) atoms. The Balaban J connectivity index is 2.62. The van der Waals surface area contributed by atoms with Crippen molar-refractivity contribution < 1.29 is 24.2 Å². The van der Waals surface area contributed by atoms with Gasteiger partial charge in [-0.3, -0.25) is 9.59 Å². The third-order valence-electron chi connectivity index (χ3n) is 2.36. The second kappa shape index (κ2) is 6.64. The van der Waals surface area contributed by atoms with Crippen LogP contribution >= 0.6 is 0 Å². The van der Waals surface area contributed by atoms with Gasteiger partial charge in [-0.25, -0.2) is 0 Å². The van der Waals surface area contributed by atoms with Crippen LogP contribution in [0.2, 0.25) is 0 Å². The molecule has 0 aliphatic heterocycles. The molecule has 1 aromatic carbocycles. The molecule has 0 aliphatic carbocycles. The van der Waals surface area contributed by atoms with E-state index >= 15 is 0 Å². The second-order valence-corrected chi connectivity index (χ2v) is 3.61. The van der Waals surface area contributed by atoms with Crippen LogP contribution in [0.5, 0.6) is 11.5 Å². The molecule has 0 saturated heterocycles. The number of carbonyl (C=O) groups excluding carboxylic acids is 2. The molecule has 1 N–H and O–H groups in total. The largest absolute Gasteiger partial charge is 0.504 e. The fourth-order valence-corrected chi connectivity index (χ4v) is 1.46. The Morgan fingerprint density at radius 1 is 1.28 bits per heavy atom. The minimum absolute atomic E-state index is 0.0411. The van der Waals surface area contributed by atoms with Gasteiger partial charge in [0.2, 0.25) is 0 Å². The molecule has 1 rings (SSSR count). The fourth-order valence-electron chi connectivity index (χ4n) is 1.46. The predicted molar refractivity (Wildman–Crippen MR) is 64.9 cm³/mol. The monoisotopic (exact) mass is 252 g/mol. The number of esters is 1. The standard InChI is InChI=1S/C13H16O5/c1-3-18-13(16)7-5-10(14)9-4-6-12(17-2)11(15)8-9/h4,6,8,15H,3,5,7H2,1-2H3. The minimum Gasteiger partial charge on any atom is -0.504 e. The predicted octanol–water partition coefficient (Wildman–Crippen LogP) is 1.93. The van der Waals surface area contributed by atoms with Crippen LogP contribution in [0.15, 0.2) is 18.2 Å². The van der Waals surface area contributed by atoms with Gasteiger partial charge < -0.3 is 14.6 Å². The fraction of sp³-hybridized carbons (Fsp3) is 0.385. The number of ether oxygens (including phenoxy) is 2. The highest BCUT2D eigenvalue weighted by Crippen LogP contribution is 2.26. The summed E-state index contributed by atoms with van der Waals surface area (Å²) in [6.45, 7) is 2.01. The molecule has 0 bridgehead atoms. The van der Waals surface area contributed by atoms with Crippen molar-refractivity contribution in [2.75, 3.05) is 13.7 Å². The zero-order chi connectivity index (χ0) is 13.5. The molecular weight excluding hydrogens is 236 g/mol. The van der Waals surface area contributed by atoms with E-state index in [1.165, 1.54) is 19.2 Å². The number of aromatic hydroxyl groups is 1. The summed E-state index contributed by atoms with van der Waals surface area (Å²) in [4.78, 5) is 22.8. The lowest BCUT2D eigenvalue weighted by molar-refractivity contribution is -0.143. The Labute approximate surface area is 105 Å². The zero-order valence-corrected chi connectivity index (χ0v) is 10.4. The van der Waals surface area contributed by atoms with Crippen LogP contribution in [0, 0.1) is 0 Å². The Hall–Kier alpha value is -2.04. The van der Waals surface area contributed by atoms with Gasteiger partial charge in [0.15, 0.2) is 17.3 Å². The van der Waals surface area contributed by atoms with E-state index in [9.17, 15) is 14.7 Å². The smallest absolute Gasteiger partial charge is 0.306 e. The molecule has 0 fully saturated rings. The van der Waals surface area contributed by atoms with Crippen molar-refractivity contribution in [3.63, 3.8) is 0 Å². The highest BCUT2D eigenvalue weighted by molar-refractivity contribution is 5.98. The Kier molecular flexibility index (Phi) is 5.17. The average molecular weight is 252 g/mol. The number of rotatable bonds is 6. The number of hydrogen-bond acceptors (Lipinski definition) is 5. The van der Waals surface area contributed by atoms with E-state index in [1.54, 1.807) is 13.0 Å². The number of phenolic OH excluding ortho intramolecular Hbond substituents is 1. The van der Waals surface area contributed by atoms with E-state index in [0.29, 0.717) is 17.9 Å². The lowest BCUT2D eigenvalue weighted by Crippen LogP contribution is -2.07. The van der Waals surface area contributed by atoms with Gasteiger partial charge in [-0.1, -0.05) is 0 Å². The molecule has 5 nitrogen and oxygen atoms in total. The molecule has 0 saturated carbocycles. The molecule has 5 heteroatoms. The molecule has 0 heterocycles. The highest BCUT2D eigenvalue weighted by atomic mass is 16.5. The Morgan fingerprint density at radius 2 is 2.00 bits per heavy atom. The number of phenols is 1. The van der Waals surface area contributed by atoms with Crippen LogP contribution in [0.1, 0.15) is 30.1 Å². The van der Waals surface area contributed by atoms with Crippen molar-refractivity contribution >= 4 is 11.8 Å². The van der Waals surface area contributed by atoms with Crippen LogP contribution < -0.4 is 4.74 Å². The summed E-state index contributed by atoms with van der Waals surface area (Å²) in [6.07, 6.45) is 0.101. The Bertz CT molecular complexity index is 439. The molecule has 0 spiro atoms. The maximum atomic E-state index is 11.7. The number of hydrogen-bond donors (Lipinski definition) is 1. The van der Waals surface area contributed by atoms with E-state index in [4.69, 9.17) is 9.47 Å². The van der Waals surface area contributed by atoms with Gasteiger partial charge in [0.25, 0.3) is 0 Å². The van der Waals surface area contributed by atoms with Crippen molar-refractivity contribution in [2.24, 2.45) is 0 Å². The summed E-state index contributed by atoms with van der Waals surface area (Å²) in [5.74, 6) is -0.416. The maximum absolute atomic E-state index is 11.7. The van der Waals surface area contributed by atoms with E-state index < -0.39 is 5.97 Å². The maximum Gasteiger partial charge on any atom is 0.306 e. The number of carbonyl (C=O) groups is 2. The van der Waals surface area contributed by atoms with Gasteiger partial charge in [-0.15, -0.1) is 0 Å². The van der Waals surface area contributed by atoms with Crippen molar-refractivity contribution in [1.82, 2.24) is 0 Å². The number of Topliss-reactive ketones (excluding diaryl/α,β-unsaturated/α-hetero) is 1. The third kappa shape index (κ3) is 3.76. The molecule has 98 valence electrons. The van der Waals surface area contributed by atoms with Gasteiger partial charge in [0, 0.05) is 12.0 Å². The van der Waals surface area contributed by atoms with E-state index in [-0.39, 0.29) is 24.4 Å². The number of methoxy groups -OCH3 is 1. The molecule has 0 aromatic heterocycles. The minimum atomic E-state index is -0.399. The molecular formula is C13H16O5. The van der Waals surface area contributed by atoms with Gasteiger partial charge in [0.05, 0.1) is 20.1 Å². The quantitative estimate of drug-likeness (QED) is 0.618. The number of benzene rings is 1. The first-order valence-corrected chi connectivity index (χ1v) is 5.64. The lowest BCUT2D eigenvalue weighted by atomic mass is 10.1. The van der Waals surface area contributed by atoms with Crippen molar-refractivity contribution in [3.05, 3.63) is 23.8 Å². The van der Waals surface area contributed by atoms with E-state index in [0.717, 1.165) is 0 Å². The van der Waals surface area contributed by atoms with E-state index in [2.05, 4.69) is 0 Å². The first-order valence-electron chi connectivity index (χ1n) is 5.64. The number of ketones is 1. The van der Waals surface area contributed by atoms with Crippen LogP contribution in [-0.2, 0) is 9.53 Å². The summed E-state index contributed by atoms with van der Waals surface area (Å²) < 4.78 is 9.60. The normalized spacial score (nSPS) is 9.89. The van der Waals surface area contributed by atoms with Gasteiger partial charge in [-0.2, -0.15) is 0 Å². The first-order chi connectivity index (χ1) is 8.58. The summed E-state index contributed by atoms with van der Waals surface area (Å²) in [5, 5.41) is 9.53. The van der Waals surface area contributed by atoms with Gasteiger partial charge >= 0.3 is 5.97 Å². The van der Waals surface area contributed by atoms with Crippen LogP contribution in [0.3, 0.4) is 0 Å². The van der Waals surface area contributed by atoms with Crippen LogP contribution in [0.25, 0.3) is 0 Å². The molecule has 1 aromatic rings. The molecule has 0 unspecified atom stereocenters. The first kappa shape index (κ1) is 14.0. The molecule has 0 atom stereocenters. The third-order valence-corrected chi connectivity index (χ3v) is 2.36. The molecule has 0 aliphatic rings. The average Bonchev–Trinajstić information content (AvgIpc) is 2.36. The Morgan fingerprint density at radius 3 is 2.56 bits per heavy atom. The van der Waals surface area contributed by atoms with Gasteiger partial charge in [-0.05, 0) is 25.1 Å². The summed E-state index contributed by atoms with van der Waals surface area (Å²) in [5.41, 5.74) is 0.345. The van der Waals surface area contributed by atoms with Crippen LogP contribution in [-0.4, -0.2) is 30.6 Å². The van der Waals surface area contributed by atoms with E-state index in [1.807, 2.05) is 0 Å². The van der Waals surface area contributed by atoms with Crippen molar-refractivity contribution in [1.29, 1.82) is 0 Å². The van der Waals surface area contributed by atoms with Crippen LogP contribution in [0.4, 0.5) is 0 Å². The summed E-state index contributed by atoms with van der Waals surface area (Å²) in [6, 6.07) is 4.38. The van der Waals surface area contributed by atoms with Crippen molar-refractivity contribution in [2.45, 2.75) is 19.8 Å². The van der Waals surface area contributed by atoms with Gasteiger partial charge in [0.1, 0.15) is 0 Å². The SMILES string of the molecule is CCOC(=O)CCC(=O)c1ccc(OC)c(O)c1. The molecule has 0 radical (unpaired) electrons. The lowest BCUT2D eigenvalue weighted by Gasteiger charge is -2.05. The highest BCUT2D eigenvalue weighted by Gasteiger charge is 2.12. The summed E-state index contributed by atoms with van der Waals surface area (Å²) in [7, 11) is 1.43. The molecule has 0 amide bonds. The zero-order valence-electron chi connectivity index (χ0n) is 10.4. The topological polar surface area (TPSA) is 72.8 Å². The van der Waals surface area contributed by atoms with Crippen molar-refractivity contribution in [3.8, 4) is 11.5 Å². The second-order valence-electron chi connectivity index (χ2n) is 3.61. The summed E-state index contributed by atoms with van der Waals surface area (Å²) >= 11 is 0.